The molecule has 0 atom stereocenters. The number of rotatable bonds is 4. The van der Waals surface area contributed by atoms with E-state index in [4.69, 9.17) is 4.74 Å². The van der Waals surface area contributed by atoms with Crippen LogP contribution < -0.4 is 16.0 Å². The van der Waals surface area contributed by atoms with Crippen LogP contribution in [0.3, 0.4) is 0 Å². The molecule has 24 heavy (non-hydrogen) atoms. The summed E-state index contributed by atoms with van der Waals surface area (Å²) in [5.41, 5.74) is 0.588. The molecule has 0 bridgehead atoms. The Balaban J connectivity index is 2.04. The van der Waals surface area contributed by atoms with Crippen LogP contribution in [0.5, 0.6) is 5.75 Å². The molecule has 0 saturated heterocycles. The summed E-state index contributed by atoms with van der Waals surface area (Å²) in [7, 11) is 0. The van der Waals surface area contributed by atoms with Crippen LogP contribution in [-0.2, 0) is 19.5 Å². The molecule has 2 aromatic rings. The van der Waals surface area contributed by atoms with Gasteiger partial charge in [-0.2, -0.15) is 5.26 Å². The first kappa shape index (κ1) is 16.1. The quantitative estimate of drug-likeness (QED) is 0.856. The number of benzene rings is 1. The highest BCUT2D eigenvalue weighted by Gasteiger charge is 2.22. The number of ether oxygens (including phenoxy) is 1. The van der Waals surface area contributed by atoms with E-state index in [0.717, 1.165) is 16.6 Å². The smallest absolute Gasteiger partial charge is 0.331 e. The van der Waals surface area contributed by atoms with Crippen molar-refractivity contribution in [2.75, 3.05) is 0 Å². The molecular weight excluding hydrogens is 306 g/mol. The van der Waals surface area contributed by atoms with Crippen LogP contribution in [0.2, 0.25) is 0 Å². The van der Waals surface area contributed by atoms with Crippen molar-refractivity contribution in [2.24, 2.45) is 0 Å². The molecular formula is C18H19N3O3. The van der Waals surface area contributed by atoms with E-state index in [0.29, 0.717) is 24.4 Å². The highest BCUT2D eigenvalue weighted by Crippen LogP contribution is 2.16. The van der Waals surface area contributed by atoms with Gasteiger partial charge in [-0.15, -0.1) is 0 Å². The molecule has 1 aliphatic rings. The fourth-order valence-corrected chi connectivity index (χ4v) is 3.06. The van der Waals surface area contributed by atoms with Crippen molar-refractivity contribution in [2.45, 2.75) is 45.9 Å². The number of nitrogens with zero attached hydrogens (tertiary/aromatic N) is 3. The van der Waals surface area contributed by atoms with Crippen molar-refractivity contribution in [3.8, 4) is 11.8 Å². The van der Waals surface area contributed by atoms with Gasteiger partial charge in [0.05, 0.1) is 12.6 Å². The maximum absolute atomic E-state index is 12.6. The Bertz CT molecular complexity index is 932. The highest BCUT2D eigenvalue weighted by atomic mass is 16.5. The number of nitriles is 1. The molecule has 3 rings (SSSR count). The zero-order valence-electron chi connectivity index (χ0n) is 13.8. The van der Waals surface area contributed by atoms with Gasteiger partial charge < -0.3 is 4.74 Å². The van der Waals surface area contributed by atoms with Crippen molar-refractivity contribution >= 4 is 0 Å². The summed E-state index contributed by atoms with van der Waals surface area (Å²) >= 11 is 0. The normalized spacial score (nSPS) is 12.9. The minimum Gasteiger partial charge on any atom is -0.491 e. The van der Waals surface area contributed by atoms with E-state index in [1.54, 1.807) is 4.57 Å². The molecule has 1 aromatic heterocycles. The third-order valence-electron chi connectivity index (χ3n) is 4.05. The van der Waals surface area contributed by atoms with Crippen molar-refractivity contribution < 1.29 is 4.74 Å². The molecule has 1 aromatic carbocycles. The molecule has 6 nitrogen and oxygen atoms in total. The molecule has 1 aliphatic heterocycles. The van der Waals surface area contributed by atoms with Gasteiger partial charge in [-0.25, -0.2) is 4.79 Å². The molecule has 6 heteroatoms. The van der Waals surface area contributed by atoms with Crippen molar-refractivity contribution in [3.63, 3.8) is 0 Å². The molecule has 0 unspecified atom stereocenters. The lowest BCUT2D eigenvalue weighted by Crippen LogP contribution is -2.41. The van der Waals surface area contributed by atoms with Gasteiger partial charge in [0.1, 0.15) is 17.4 Å². The summed E-state index contributed by atoms with van der Waals surface area (Å²) in [4.78, 5) is 25.1. The van der Waals surface area contributed by atoms with Gasteiger partial charge >= 0.3 is 5.69 Å². The Morgan fingerprint density at radius 1 is 1.33 bits per heavy atom. The Morgan fingerprint density at radius 3 is 2.83 bits per heavy atom. The SMILES string of the molecule is CC(C)Oc1cccc(Cn2c(=O)c(C#N)c3n(c2=O)CCC3)c1. The number of fused-ring (bicyclic) bond motifs is 1. The number of hydrogen-bond donors (Lipinski definition) is 0. The van der Waals surface area contributed by atoms with E-state index >= 15 is 0 Å². The lowest BCUT2D eigenvalue weighted by molar-refractivity contribution is 0.242. The maximum atomic E-state index is 12.6. The number of aromatic nitrogens is 2. The molecule has 0 spiro atoms. The van der Waals surface area contributed by atoms with Crippen molar-refractivity contribution in [1.82, 2.24) is 9.13 Å². The Kier molecular flexibility index (Phi) is 4.26. The Morgan fingerprint density at radius 2 is 2.12 bits per heavy atom. The average molecular weight is 325 g/mol. The zero-order chi connectivity index (χ0) is 17.3. The average Bonchev–Trinajstić information content (AvgIpc) is 3.01. The van der Waals surface area contributed by atoms with E-state index in [9.17, 15) is 14.9 Å². The van der Waals surface area contributed by atoms with Gasteiger partial charge in [0.2, 0.25) is 0 Å². The predicted octanol–water partition coefficient (Wildman–Crippen LogP) is 1.66. The molecule has 0 fully saturated rings. The summed E-state index contributed by atoms with van der Waals surface area (Å²) in [6.07, 6.45) is 1.43. The minimum atomic E-state index is -0.508. The second kappa shape index (κ2) is 6.36. The lowest BCUT2D eigenvalue weighted by Gasteiger charge is -2.13. The largest absolute Gasteiger partial charge is 0.491 e. The van der Waals surface area contributed by atoms with Crippen LogP contribution in [0.25, 0.3) is 0 Å². The van der Waals surface area contributed by atoms with Gasteiger partial charge in [-0.05, 0) is 44.4 Å². The summed E-state index contributed by atoms with van der Waals surface area (Å²) in [6.45, 7) is 4.55. The first-order valence-corrected chi connectivity index (χ1v) is 8.03. The fraction of sp³-hybridized carbons (Fsp3) is 0.389. The van der Waals surface area contributed by atoms with E-state index in [1.807, 2.05) is 44.2 Å². The first-order valence-electron chi connectivity index (χ1n) is 8.03. The zero-order valence-corrected chi connectivity index (χ0v) is 13.8. The van der Waals surface area contributed by atoms with E-state index < -0.39 is 5.56 Å². The van der Waals surface area contributed by atoms with Crippen LogP contribution in [0.4, 0.5) is 0 Å². The standard InChI is InChI=1S/C18H19N3O3/c1-12(2)24-14-6-3-5-13(9-14)11-21-17(22)15(10-19)16-7-4-8-20(16)18(21)23/h3,5-6,9,12H,4,7-8,11H2,1-2H3. The first-order chi connectivity index (χ1) is 11.5. The fourth-order valence-electron chi connectivity index (χ4n) is 3.06. The summed E-state index contributed by atoms with van der Waals surface area (Å²) in [5.74, 6) is 0.692. The van der Waals surface area contributed by atoms with E-state index in [-0.39, 0.29) is 23.9 Å². The third-order valence-corrected chi connectivity index (χ3v) is 4.05. The molecule has 124 valence electrons. The van der Waals surface area contributed by atoms with Crippen LogP contribution in [0.1, 0.15) is 37.1 Å². The van der Waals surface area contributed by atoms with Gasteiger partial charge in [0.15, 0.2) is 0 Å². The van der Waals surface area contributed by atoms with Crippen LogP contribution in [0, 0.1) is 11.3 Å². The second-order valence-corrected chi connectivity index (χ2v) is 6.18. The van der Waals surface area contributed by atoms with Crippen molar-refractivity contribution in [3.05, 3.63) is 61.9 Å². The van der Waals surface area contributed by atoms with Gasteiger partial charge in [-0.3, -0.25) is 13.9 Å². The van der Waals surface area contributed by atoms with Gasteiger partial charge in [-0.1, -0.05) is 12.1 Å². The molecule has 0 amide bonds. The molecule has 0 radical (unpaired) electrons. The summed E-state index contributed by atoms with van der Waals surface area (Å²) in [6, 6.07) is 9.28. The summed E-state index contributed by atoms with van der Waals surface area (Å²) < 4.78 is 8.34. The number of hydrogen-bond acceptors (Lipinski definition) is 4. The molecule has 0 N–H and O–H groups in total. The maximum Gasteiger partial charge on any atom is 0.331 e. The van der Waals surface area contributed by atoms with Crippen LogP contribution >= 0.6 is 0 Å². The van der Waals surface area contributed by atoms with Crippen LogP contribution in [0.15, 0.2) is 33.9 Å². The highest BCUT2D eigenvalue weighted by molar-refractivity contribution is 5.34. The molecule has 0 saturated carbocycles. The predicted molar refractivity (Wildman–Crippen MR) is 89.3 cm³/mol. The third kappa shape index (κ3) is 2.85. The van der Waals surface area contributed by atoms with Crippen molar-refractivity contribution in [1.29, 1.82) is 5.26 Å². The second-order valence-electron chi connectivity index (χ2n) is 6.18. The summed E-state index contributed by atoms with van der Waals surface area (Å²) in [5, 5.41) is 9.31. The van der Waals surface area contributed by atoms with E-state index in [2.05, 4.69) is 0 Å². The Labute approximate surface area is 139 Å². The monoisotopic (exact) mass is 325 g/mol. The van der Waals surface area contributed by atoms with Crippen LogP contribution in [-0.4, -0.2) is 15.2 Å². The topological polar surface area (TPSA) is 77.0 Å². The van der Waals surface area contributed by atoms with E-state index in [1.165, 1.54) is 0 Å². The molecule has 0 aliphatic carbocycles. The lowest BCUT2D eigenvalue weighted by atomic mass is 10.2. The Hall–Kier alpha value is -2.81. The minimum absolute atomic E-state index is 0.0405. The van der Waals surface area contributed by atoms with Gasteiger partial charge in [0, 0.05) is 12.2 Å². The molecule has 2 heterocycles. The van der Waals surface area contributed by atoms with Gasteiger partial charge in [0.25, 0.3) is 5.56 Å².